The van der Waals surface area contributed by atoms with Gasteiger partial charge in [0.15, 0.2) is 0 Å². The molecular formula is C16H22N2O4. The summed E-state index contributed by atoms with van der Waals surface area (Å²) in [7, 11) is 1.64. The van der Waals surface area contributed by atoms with Gasteiger partial charge < -0.3 is 15.2 Å². The number of hydrogen-bond donors (Lipinski definition) is 2. The van der Waals surface area contributed by atoms with E-state index in [1.807, 2.05) is 30.9 Å². The monoisotopic (exact) mass is 306 g/mol. The highest BCUT2D eigenvalue weighted by Gasteiger charge is 2.31. The van der Waals surface area contributed by atoms with Crippen molar-refractivity contribution in [2.24, 2.45) is 0 Å². The van der Waals surface area contributed by atoms with Gasteiger partial charge in [-0.3, -0.25) is 14.5 Å². The lowest BCUT2D eigenvalue weighted by Crippen LogP contribution is -2.55. The number of carboxylic acids is 1. The molecule has 0 spiro atoms. The van der Waals surface area contributed by atoms with Gasteiger partial charge in [-0.2, -0.15) is 0 Å². The third kappa shape index (κ3) is 3.39. The first-order valence-electron chi connectivity index (χ1n) is 7.30. The van der Waals surface area contributed by atoms with Crippen molar-refractivity contribution in [1.29, 1.82) is 0 Å². The lowest BCUT2D eigenvalue weighted by Gasteiger charge is -2.34. The second-order valence-corrected chi connectivity index (χ2v) is 5.55. The number of ether oxygens (including phenoxy) is 1. The number of carbonyl (C=O) groups is 2. The predicted octanol–water partition coefficient (Wildman–Crippen LogP) is 1.09. The van der Waals surface area contributed by atoms with Crippen molar-refractivity contribution in [2.75, 3.05) is 20.2 Å². The summed E-state index contributed by atoms with van der Waals surface area (Å²) in [5.74, 6) is -0.342. The maximum Gasteiger partial charge on any atom is 0.305 e. The molecule has 0 bridgehead atoms. The molecule has 1 atom stereocenters. The van der Waals surface area contributed by atoms with Gasteiger partial charge in [0.25, 0.3) is 0 Å². The number of carbonyl (C=O) groups excluding carboxylic acids is 1. The van der Waals surface area contributed by atoms with Gasteiger partial charge in [0.05, 0.1) is 13.5 Å². The van der Waals surface area contributed by atoms with E-state index in [9.17, 15) is 9.59 Å². The van der Waals surface area contributed by atoms with Gasteiger partial charge in [0.1, 0.15) is 11.8 Å². The van der Waals surface area contributed by atoms with Crippen molar-refractivity contribution < 1.29 is 19.4 Å². The Kier molecular flexibility index (Phi) is 5.03. The van der Waals surface area contributed by atoms with Crippen molar-refractivity contribution >= 4 is 11.9 Å². The number of nitrogens with zero attached hydrogens (tertiary/aromatic N) is 1. The average molecular weight is 306 g/mol. The summed E-state index contributed by atoms with van der Waals surface area (Å²) in [5.41, 5.74) is 3.26. The van der Waals surface area contributed by atoms with Crippen molar-refractivity contribution in [3.63, 3.8) is 0 Å². The number of amides is 1. The highest BCUT2D eigenvalue weighted by Crippen LogP contribution is 2.25. The molecule has 2 rings (SSSR count). The fraction of sp³-hybridized carbons (Fsp3) is 0.500. The number of hydrogen-bond acceptors (Lipinski definition) is 4. The Morgan fingerprint density at radius 1 is 1.41 bits per heavy atom. The number of carboxylic acid groups (broad SMARTS) is 1. The van der Waals surface area contributed by atoms with Crippen LogP contribution in [0, 0.1) is 13.8 Å². The molecule has 1 aliphatic rings. The van der Waals surface area contributed by atoms with E-state index in [2.05, 4.69) is 5.32 Å². The van der Waals surface area contributed by atoms with Crippen molar-refractivity contribution in [1.82, 2.24) is 10.2 Å². The van der Waals surface area contributed by atoms with Crippen LogP contribution < -0.4 is 10.1 Å². The SMILES string of the molecule is COc1ccc(CN2CCNC(=O)[C@H]2CC(=O)O)c(C)c1C. The van der Waals surface area contributed by atoms with Crippen LogP contribution in [0.5, 0.6) is 5.75 Å². The number of methoxy groups -OCH3 is 1. The highest BCUT2D eigenvalue weighted by atomic mass is 16.5. The van der Waals surface area contributed by atoms with E-state index in [-0.39, 0.29) is 12.3 Å². The number of rotatable bonds is 5. The molecule has 22 heavy (non-hydrogen) atoms. The van der Waals surface area contributed by atoms with Gasteiger partial charge in [-0.25, -0.2) is 0 Å². The zero-order valence-corrected chi connectivity index (χ0v) is 13.2. The quantitative estimate of drug-likeness (QED) is 0.851. The summed E-state index contributed by atoms with van der Waals surface area (Å²) in [6.45, 7) is 5.76. The number of nitrogens with one attached hydrogen (secondary N) is 1. The lowest BCUT2D eigenvalue weighted by atomic mass is 10.00. The van der Waals surface area contributed by atoms with E-state index in [1.54, 1.807) is 7.11 Å². The molecule has 2 N–H and O–H groups in total. The molecule has 120 valence electrons. The Labute approximate surface area is 130 Å². The Morgan fingerprint density at radius 3 is 2.77 bits per heavy atom. The number of aliphatic carboxylic acids is 1. The molecule has 0 aromatic heterocycles. The van der Waals surface area contributed by atoms with Gasteiger partial charge in [-0.05, 0) is 36.6 Å². The van der Waals surface area contributed by atoms with E-state index < -0.39 is 12.0 Å². The Morgan fingerprint density at radius 2 is 2.14 bits per heavy atom. The third-order valence-corrected chi connectivity index (χ3v) is 4.25. The Hall–Kier alpha value is -2.08. The average Bonchev–Trinajstić information content (AvgIpc) is 2.47. The molecule has 1 aromatic carbocycles. The molecule has 1 amide bonds. The summed E-state index contributed by atoms with van der Waals surface area (Å²) >= 11 is 0. The van der Waals surface area contributed by atoms with Gasteiger partial charge in [-0.15, -0.1) is 0 Å². The molecule has 0 aliphatic carbocycles. The minimum absolute atomic E-state index is 0.181. The van der Waals surface area contributed by atoms with Crippen LogP contribution in [0.25, 0.3) is 0 Å². The number of piperazine rings is 1. The van der Waals surface area contributed by atoms with Crippen molar-refractivity contribution in [3.05, 3.63) is 28.8 Å². The predicted molar refractivity (Wildman–Crippen MR) is 81.9 cm³/mol. The minimum atomic E-state index is -0.963. The summed E-state index contributed by atoms with van der Waals surface area (Å²) in [4.78, 5) is 24.9. The molecule has 6 nitrogen and oxygen atoms in total. The second-order valence-electron chi connectivity index (χ2n) is 5.55. The second kappa shape index (κ2) is 6.79. The summed E-state index contributed by atoms with van der Waals surface area (Å²) < 4.78 is 5.31. The Balaban J connectivity index is 2.22. The first-order valence-corrected chi connectivity index (χ1v) is 7.30. The fourth-order valence-electron chi connectivity index (χ4n) is 2.80. The highest BCUT2D eigenvalue weighted by molar-refractivity contribution is 5.86. The van der Waals surface area contributed by atoms with Crippen LogP contribution in [0.2, 0.25) is 0 Å². The molecule has 6 heteroatoms. The van der Waals surface area contributed by atoms with E-state index >= 15 is 0 Å². The van der Waals surface area contributed by atoms with Crippen LogP contribution in [-0.4, -0.2) is 48.1 Å². The zero-order valence-electron chi connectivity index (χ0n) is 13.2. The van der Waals surface area contributed by atoms with E-state index in [4.69, 9.17) is 9.84 Å². The van der Waals surface area contributed by atoms with E-state index in [0.717, 1.165) is 22.4 Å². The van der Waals surface area contributed by atoms with E-state index in [0.29, 0.717) is 19.6 Å². The first kappa shape index (κ1) is 16.3. The maximum atomic E-state index is 11.9. The van der Waals surface area contributed by atoms with Crippen LogP contribution in [0.4, 0.5) is 0 Å². The van der Waals surface area contributed by atoms with Crippen LogP contribution >= 0.6 is 0 Å². The fourth-order valence-corrected chi connectivity index (χ4v) is 2.80. The van der Waals surface area contributed by atoms with Gasteiger partial charge in [0.2, 0.25) is 5.91 Å². The van der Waals surface area contributed by atoms with Gasteiger partial charge in [0, 0.05) is 19.6 Å². The molecule has 1 saturated heterocycles. The molecule has 1 fully saturated rings. The number of benzene rings is 1. The minimum Gasteiger partial charge on any atom is -0.496 e. The first-order chi connectivity index (χ1) is 10.4. The molecule has 1 aromatic rings. The Bertz CT molecular complexity index is 586. The van der Waals surface area contributed by atoms with E-state index in [1.165, 1.54) is 0 Å². The summed E-state index contributed by atoms with van der Waals surface area (Å²) in [6.07, 6.45) is -0.181. The van der Waals surface area contributed by atoms with Gasteiger partial charge >= 0.3 is 5.97 Å². The molecular weight excluding hydrogens is 284 g/mol. The van der Waals surface area contributed by atoms with Crippen LogP contribution in [0.3, 0.4) is 0 Å². The molecule has 0 unspecified atom stereocenters. The van der Waals surface area contributed by atoms with Crippen molar-refractivity contribution in [2.45, 2.75) is 32.9 Å². The molecule has 0 radical (unpaired) electrons. The molecule has 0 saturated carbocycles. The van der Waals surface area contributed by atoms with Crippen LogP contribution in [-0.2, 0) is 16.1 Å². The van der Waals surface area contributed by atoms with Gasteiger partial charge in [-0.1, -0.05) is 6.07 Å². The third-order valence-electron chi connectivity index (χ3n) is 4.25. The normalized spacial score (nSPS) is 18.9. The lowest BCUT2D eigenvalue weighted by molar-refractivity contribution is -0.143. The molecule has 1 aliphatic heterocycles. The van der Waals surface area contributed by atoms with Crippen LogP contribution in [0.1, 0.15) is 23.1 Å². The maximum absolute atomic E-state index is 11.9. The largest absolute Gasteiger partial charge is 0.496 e. The molecule has 1 heterocycles. The summed E-state index contributed by atoms with van der Waals surface area (Å²) in [6, 6.07) is 3.27. The van der Waals surface area contributed by atoms with Crippen molar-refractivity contribution in [3.8, 4) is 5.75 Å². The zero-order chi connectivity index (χ0) is 16.3. The summed E-state index contributed by atoms with van der Waals surface area (Å²) in [5, 5.41) is 11.7. The topological polar surface area (TPSA) is 78.9 Å². The van der Waals surface area contributed by atoms with Crippen LogP contribution in [0.15, 0.2) is 12.1 Å². The smallest absolute Gasteiger partial charge is 0.305 e. The standard InChI is InChI=1S/C16H22N2O4/c1-10-11(2)14(22-3)5-4-12(10)9-18-7-6-17-16(21)13(18)8-15(19)20/h4-5,13H,6-9H2,1-3H3,(H,17,21)(H,19,20)/t13-/m1/s1.